The van der Waals surface area contributed by atoms with E-state index in [4.69, 9.17) is 4.74 Å². The van der Waals surface area contributed by atoms with E-state index < -0.39 is 0 Å². The van der Waals surface area contributed by atoms with Crippen molar-refractivity contribution in [2.24, 2.45) is 0 Å². The van der Waals surface area contributed by atoms with Gasteiger partial charge in [-0.2, -0.15) is 0 Å². The fourth-order valence-corrected chi connectivity index (χ4v) is 4.07. The molecule has 0 unspecified atom stereocenters. The number of hydrogen-bond acceptors (Lipinski definition) is 3. The van der Waals surface area contributed by atoms with Gasteiger partial charge in [0.15, 0.2) is 0 Å². The Labute approximate surface area is 223 Å². The molecule has 0 aliphatic carbocycles. The Hall–Kier alpha value is -2.35. The molecule has 0 saturated carbocycles. The van der Waals surface area contributed by atoms with E-state index in [1.165, 1.54) is 36.4 Å². The molecule has 0 radical (unpaired) electrons. The van der Waals surface area contributed by atoms with Gasteiger partial charge in [-0.3, -0.25) is 9.80 Å². The molecule has 194 valence electrons. The van der Waals surface area contributed by atoms with Crippen LogP contribution in [0, 0.1) is 17.5 Å². The fourth-order valence-electron chi connectivity index (χ4n) is 4.07. The predicted molar refractivity (Wildman–Crippen MR) is 143 cm³/mol. The Balaban J connectivity index is 0.00000228. The first-order valence-corrected chi connectivity index (χ1v) is 11.6. The summed E-state index contributed by atoms with van der Waals surface area (Å²) in [5.41, 5.74) is 2.67. The Morgan fingerprint density at radius 3 is 1.61 bits per heavy atom. The number of ether oxygens (including phenoxy) is 1. The van der Waals surface area contributed by atoms with Gasteiger partial charge < -0.3 is 4.74 Å². The molecule has 1 fully saturated rings. The maximum Gasteiger partial charge on any atom is 0.123 e. The van der Waals surface area contributed by atoms with E-state index in [1.807, 2.05) is 6.08 Å². The van der Waals surface area contributed by atoms with Gasteiger partial charge in [-0.15, -0.1) is 24.8 Å². The minimum atomic E-state index is -0.376. The Morgan fingerprint density at radius 2 is 1.11 bits per heavy atom. The maximum absolute atomic E-state index is 13.4. The molecule has 0 bridgehead atoms. The van der Waals surface area contributed by atoms with Crippen LogP contribution in [0.15, 0.2) is 78.9 Å². The molecule has 1 saturated heterocycles. The zero-order valence-electron chi connectivity index (χ0n) is 19.9. The summed E-state index contributed by atoms with van der Waals surface area (Å²) in [5.74, 6) is -0.821. The van der Waals surface area contributed by atoms with Crippen LogP contribution in [-0.2, 0) is 4.74 Å². The first-order chi connectivity index (χ1) is 16.6. The van der Waals surface area contributed by atoms with Gasteiger partial charge in [0, 0.05) is 39.3 Å². The molecule has 1 aliphatic rings. The predicted octanol–water partition coefficient (Wildman–Crippen LogP) is 6.38. The van der Waals surface area contributed by atoms with Crippen LogP contribution in [0.4, 0.5) is 13.2 Å². The summed E-state index contributed by atoms with van der Waals surface area (Å²) in [5, 5.41) is 0. The van der Waals surface area contributed by atoms with Crippen LogP contribution in [0.25, 0.3) is 6.08 Å². The number of nitrogens with zero attached hydrogens (tertiary/aromatic N) is 2. The summed E-state index contributed by atoms with van der Waals surface area (Å²) < 4.78 is 46.0. The summed E-state index contributed by atoms with van der Waals surface area (Å²) >= 11 is 0. The summed E-state index contributed by atoms with van der Waals surface area (Å²) in [4.78, 5) is 4.75. The summed E-state index contributed by atoms with van der Waals surface area (Å²) in [7, 11) is 0. The van der Waals surface area contributed by atoms with E-state index in [1.54, 1.807) is 36.4 Å². The normalized spacial score (nSPS) is 14.6. The van der Waals surface area contributed by atoms with Crippen LogP contribution < -0.4 is 0 Å². The molecule has 3 nitrogen and oxygen atoms in total. The minimum absolute atomic E-state index is 0. The average Bonchev–Trinajstić information content (AvgIpc) is 2.85. The lowest BCUT2D eigenvalue weighted by molar-refractivity contribution is 0.0467. The van der Waals surface area contributed by atoms with Crippen LogP contribution in [0.3, 0.4) is 0 Å². The SMILES string of the molecule is Cl.Cl.Fc1ccc(C=CCN2CCN(CCOC(c3ccc(F)cc3)c3ccc(F)cc3)CC2)cc1. The largest absolute Gasteiger partial charge is 0.367 e. The van der Waals surface area contributed by atoms with Gasteiger partial charge in [0.2, 0.25) is 0 Å². The van der Waals surface area contributed by atoms with E-state index in [0.717, 1.165) is 56.0 Å². The van der Waals surface area contributed by atoms with E-state index in [-0.39, 0.29) is 48.4 Å². The molecule has 36 heavy (non-hydrogen) atoms. The van der Waals surface area contributed by atoms with Gasteiger partial charge in [0.25, 0.3) is 0 Å². The number of hydrogen-bond donors (Lipinski definition) is 0. The first-order valence-electron chi connectivity index (χ1n) is 11.6. The molecule has 8 heteroatoms. The number of halogens is 5. The molecule has 1 aliphatic heterocycles. The standard InChI is InChI=1S/C28H29F3N2O.2ClH/c29-25-9-3-22(4-10-25)2-1-15-32-16-18-33(19-17-32)20-21-34-28(23-5-11-26(30)12-6-23)24-7-13-27(31)14-8-24;;/h1-14,28H,15-21H2;2*1H. The highest BCUT2D eigenvalue weighted by molar-refractivity contribution is 5.85. The van der Waals surface area contributed by atoms with Crippen molar-refractivity contribution in [3.63, 3.8) is 0 Å². The molecule has 3 aromatic rings. The smallest absolute Gasteiger partial charge is 0.123 e. The second-order valence-corrected chi connectivity index (χ2v) is 8.45. The highest BCUT2D eigenvalue weighted by Gasteiger charge is 2.18. The Kier molecular flexibility index (Phi) is 12.5. The van der Waals surface area contributed by atoms with Crippen molar-refractivity contribution in [3.8, 4) is 0 Å². The van der Waals surface area contributed by atoms with Crippen LogP contribution in [0.1, 0.15) is 22.8 Å². The van der Waals surface area contributed by atoms with Crippen LogP contribution in [-0.4, -0.2) is 55.7 Å². The molecule has 0 atom stereocenters. The third kappa shape index (κ3) is 8.95. The lowest BCUT2D eigenvalue weighted by atomic mass is 10.0. The van der Waals surface area contributed by atoms with Gasteiger partial charge in [0.05, 0.1) is 6.61 Å². The van der Waals surface area contributed by atoms with Crippen molar-refractivity contribution in [3.05, 3.63) is 113 Å². The third-order valence-corrected chi connectivity index (χ3v) is 6.05. The van der Waals surface area contributed by atoms with E-state index in [9.17, 15) is 13.2 Å². The van der Waals surface area contributed by atoms with Crippen molar-refractivity contribution < 1.29 is 17.9 Å². The summed E-state index contributed by atoms with van der Waals surface area (Å²) in [6.45, 7) is 6.00. The molecule has 0 amide bonds. The summed E-state index contributed by atoms with van der Waals surface area (Å²) in [6.07, 6.45) is 3.76. The lowest BCUT2D eigenvalue weighted by Gasteiger charge is -2.34. The van der Waals surface area contributed by atoms with Gasteiger partial charge in [-0.1, -0.05) is 48.6 Å². The number of rotatable bonds is 9. The second-order valence-electron chi connectivity index (χ2n) is 8.45. The van der Waals surface area contributed by atoms with Crippen molar-refractivity contribution in [1.29, 1.82) is 0 Å². The molecule has 4 rings (SSSR count). The number of benzene rings is 3. The molecule has 3 aromatic carbocycles. The van der Waals surface area contributed by atoms with Crippen LogP contribution in [0.2, 0.25) is 0 Å². The van der Waals surface area contributed by atoms with E-state index >= 15 is 0 Å². The second kappa shape index (κ2) is 15.0. The Bertz CT molecular complexity index is 1010. The minimum Gasteiger partial charge on any atom is -0.367 e. The van der Waals surface area contributed by atoms with Gasteiger partial charge in [0.1, 0.15) is 23.6 Å². The molecule has 0 aromatic heterocycles. The highest BCUT2D eigenvalue weighted by Crippen LogP contribution is 2.26. The number of piperazine rings is 1. The van der Waals surface area contributed by atoms with Gasteiger partial charge >= 0.3 is 0 Å². The van der Waals surface area contributed by atoms with Crippen LogP contribution >= 0.6 is 24.8 Å². The Morgan fingerprint density at radius 1 is 0.667 bits per heavy atom. The van der Waals surface area contributed by atoms with E-state index in [0.29, 0.717) is 6.61 Å². The van der Waals surface area contributed by atoms with Gasteiger partial charge in [-0.05, 0) is 53.1 Å². The highest BCUT2D eigenvalue weighted by atomic mass is 35.5. The zero-order valence-corrected chi connectivity index (χ0v) is 21.5. The molecular formula is C28H31Cl2F3N2O. The quantitative estimate of drug-likeness (QED) is 0.314. The van der Waals surface area contributed by atoms with Crippen molar-refractivity contribution in [1.82, 2.24) is 9.80 Å². The summed E-state index contributed by atoms with van der Waals surface area (Å²) in [6, 6.07) is 19.0. The van der Waals surface area contributed by atoms with Crippen molar-refractivity contribution in [2.45, 2.75) is 6.10 Å². The van der Waals surface area contributed by atoms with E-state index in [2.05, 4.69) is 15.9 Å². The molecule has 0 spiro atoms. The molecule has 0 N–H and O–H groups in total. The average molecular weight is 539 g/mol. The van der Waals surface area contributed by atoms with Crippen molar-refractivity contribution >= 4 is 30.9 Å². The van der Waals surface area contributed by atoms with Crippen LogP contribution in [0.5, 0.6) is 0 Å². The lowest BCUT2D eigenvalue weighted by Crippen LogP contribution is -2.47. The fraction of sp³-hybridized carbons (Fsp3) is 0.286. The topological polar surface area (TPSA) is 15.7 Å². The first kappa shape index (κ1) is 29.9. The molecule has 1 heterocycles. The third-order valence-electron chi connectivity index (χ3n) is 6.05. The maximum atomic E-state index is 13.4. The van der Waals surface area contributed by atoms with Gasteiger partial charge in [-0.25, -0.2) is 13.2 Å². The van der Waals surface area contributed by atoms with Crippen molar-refractivity contribution in [2.75, 3.05) is 45.9 Å². The monoisotopic (exact) mass is 538 g/mol. The molecular weight excluding hydrogens is 508 g/mol. The zero-order chi connectivity index (χ0) is 23.8.